The summed E-state index contributed by atoms with van der Waals surface area (Å²) in [5.41, 5.74) is 1.15. The fourth-order valence-corrected chi connectivity index (χ4v) is 2.88. The predicted octanol–water partition coefficient (Wildman–Crippen LogP) is 3.88. The van der Waals surface area contributed by atoms with Crippen LogP contribution in [0.3, 0.4) is 0 Å². The molecule has 0 radical (unpaired) electrons. The van der Waals surface area contributed by atoms with E-state index in [1.54, 1.807) is 19.1 Å². The lowest BCUT2D eigenvalue weighted by Crippen LogP contribution is -2.15. The number of hydrogen-bond acceptors (Lipinski definition) is 2. The van der Waals surface area contributed by atoms with Crippen LogP contribution in [0.4, 0.5) is 19.0 Å². The molecule has 1 aliphatic carbocycles. The second-order valence-electron chi connectivity index (χ2n) is 6.21. The van der Waals surface area contributed by atoms with Crippen molar-refractivity contribution in [1.82, 2.24) is 9.38 Å². The minimum Gasteiger partial charge on any atom is -0.309 e. The molecule has 3 aromatic rings. The second-order valence-corrected chi connectivity index (χ2v) is 6.21. The summed E-state index contributed by atoms with van der Waals surface area (Å²) in [6.45, 7) is 1.70. The number of anilines is 1. The summed E-state index contributed by atoms with van der Waals surface area (Å²) in [5, 5.41) is 2.52. The molecule has 2 aromatic heterocycles. The number of carbonyl (C=O) groups is 1. The standard InChI is InChI=1S/C18H14F3N3O/c1-9-3-2-4-12(19)17(9)11-7-24-8-15(22-16(24)6-14(11)21)23-18(25)10-5-13(10)20/h2-4,6-8,10,13H,5H2,1H3,(H,23,25). The molecule has 0 bridgehead atoms. The number of rotatable bonds is 3. The third kappa shape index (κ3) is 2.75. The van der Waals surface area contributed by atoms with Crippen molar-refractivity contribution in [3.63, 3.8) is 0 Å². The van der Waals surface area contributed by atoms with Gasteiger partial charge in [0, 0.05) is 23.4 Å². The van der Waals surface area contributed by atoms with E-state index in [4.69, 9.17) is 0 Å². The number of aryl methyl sites for hydroxylation is 1. The summed E-state index contributed by atoms with van der Waals surface area (Å²) >= 11 is 0. The largest absolute Gasteiger partial charge is 0.309 e. The second kappa shape index (κ2) is 5.61. The molecule has 1 saturated carbocycles. The Labute approximate surface area is 141 Å². The summed E-state index contributed by atoms with van der Waals surface area (Å²) in [4.78, 5) is 15.9. The first-order valence-electron chi connectivity index (χ1n) is 7.82. The summed E-state index contributed by atoms with van der Waals surface area (Å²) in [6.07, 6.45) is 2.02. The number of nitrogens with one attached hydrogen (secondary N) is 1. The Morgan fingerprint density at radius 3 is 2.72 bits per heavy atom. The number of amides is 1. The number of aromatic nitrogens is 2. The molecule has 1 N–H and O–H groups in total. The molecule has 1 amide bonds. The predicted molar refractivity (Wildman–Crippen MR) is 86.9 cm³/mol. The molecule has 0 spiro atoms. The molecular formula is C18H14F3N3O. The maximum absolute atomic E-state index is 14.5. The van der Waals surface area contributed by atoms with E-state index in [1.165, 1.54) is 28.9 Å². The number of fused-ring (bicyclic) bond motifs is 1. The molecule has 1 aliphatic rings. The molecule has 4 nitrogen and oxygen atoms in total. The minimum atomic E-state index is -1.11. The van der Waals surface area contributed by atoms with Gasteiger partial charge in [-0.2, -0.15) is 0 Å². The Morgan fingerprint density at radius 1 is 1.28 bits per heavy atom. The van der Waals surface area contributed by atoms with E-state index in [0.717, 1.165) is 0 Å². The van der Waals surface area contributed by atoms with E-state index in [2.05, 4.69) is 10.3 Å². The van der Waals surface area contributed by atoms with Crippen LogP contribution in [0, 0.1) is 24.5 Å². The number of pyridine rings is 1. The zero-order valence-corrected chi connectivity index (χ0v) is 13.3. The number of nitrogens with zero attached hydrogens (tertiary/aromatic N) is 2. The van der Waals surface area contributed by atoms with Crippen LogP contribution in [-0.4, -0.2) is 21.5 Å². The average Bonchev–Trinajstić information content (AvgIpc) is 3.15. The first-order valence-corrected chi connectivity index (χ1v) is 7.82. The molecule has 0 aliphatic heterocycles. The van der Waals surface area contributed by atoms with Gasteiger partial charge >= 0.3 is 0 Å². The Balaban J connectivity index is 1.73. The van der Waals surface area contributed by atoms with Crippen LogP contribution < -0.4 is 5.32 Å². The normalized spacial score (nSPS) is 19.2. The van der Waals surface area contributed by atoms with Crippen molar-refractivity contribution in [2.75, 3.05) is 5.32 Å². The molecule has 4 rings (SSSR count). The van der Waals surface area contributed by atoms with Crippen LogP contribution in [0.15, 0.2) is 36.7 Å². The van der Waals surface area contributed by atoms with Gasteiger partial charge < -0.3 is 9.72 Å². The third-order valence-electron chi connectivity index (χ3n) is 4.33. The van der Waals surface area contributed by atoms with E-state index in [0.29, 0.717) is 5.56 Å². The van der Waals surface area contributed by atoms with Crippen molar-refractivity contribution in [3.05, 3.63) is 53.9 Å². The molecule has 1 fully saturated rings. The van der Waals surface area contributed by atoms with Crippen molar-refractivity contribution in [2.45, 2.75) is 19.5 Å². The van der Waals surface area contributed by atoms with Gasteiger partial charge in [-0.3, -0.25) is 4.79 Å². The van der Waals surface area contributed by atoms with Crippen LogP contribution in [-0.2, 0) is 4.79 Å². The number of benzene rings is 1. The van der Waals surface area contributed by atoms with Gasteiger partial charge in [-0.25, -0.2) is 18.2 Å². The topological polar surface area (TPSA) is 46.4 Å². The van der Waals surface area contributed by atoms with Crippen LogP contribution in [0.25, 0.3) is 16.8 Å². The number of alkyl halides is 1. The summed E-state index contributed by atoms with van der Waals surface area (Å²) in [5.74, 6) is -2.02. The van der Waals surface area contributed by atoms with E-state index in [1.807, 2.05) is 0 Å². The highest BCUT2D eigenvalue weighted by molar-refractivity contribution is 5.94. The number of halogens is 3. The van der Waals surface area contributed by atoms with Crippen molar-refractivity contribution in [1.29, 1.82) is 0 Å². The van der Waals surface area contributed by atoms with Gasteiger partial charge in [-0.05, 0) is 25.0 Å². The van der Waals surface area contributed by atoms with Gasteiger partial charge in [0.1, 0.15) is 23.5 Å². The van der Waals surface area contributed by atoms with Gasteiger partial charge in [0.05, 0.1) is 12.1 Å². The molecule has 1 aromatic carbocycles. The lowest BCUT2D eigenvalue weighted by molar-refractivity contribution is -0.117. The lowest BCUT2D eigenvalue weighted by Gasteiger charge is -2.09. The number of hydrogen-bond donors (Lipinski definition) is 1. The quantitative estimate of drug-likeness (QED) is 0.783. The van der Waals surface area contributed by atoms with Crippen molar-refractivity contribution in [3.8, 4) is 11.1 Å². The minimum absolute atomic E-state index is 0.101. The first kappa shape index (κ1) is 15.7. The fraction of sp³-hybridized carbons (Fsp3) is 0.222. The molecule has 2 heterocycles. The fourth-order valence-electron chi connectivity index (χ4n) is 2.88. The van der Waals surface area contributed by atoms with Gasteiger partial charge in [0.25, 0.3) is 0 Å². The van der Waals surface area contributed by atoms with E-state index < -0.39 is 29.6 Å². The SMILES string of the molecule is Cc1cccc(F)c1-c1cn2cc(NC(=O)C3CC3F)nc2cc1F. The van der Waals surface area contributed by atoms with Gasteiger partial charge in [0.2, 0.25) is 5.91 Å². The summed E-state index contributed by atoms with van der Waals surface area (Å²) < 4.78 is 43.0. The lowest BCUT2D eigenvalue weighted by atomic mass is 10.0. The Hall–Kier alpha value is -2.83. The Bertz CT molecular complexity index is 978. The van der Waals surface area contributed by atoms with Gasteiger partial charge in [-0.1, -0.05) is 12.1 Å². The van der Waals surface area contributed by atoms with Crippen molar-refractivity contribution >= 4 is 17.4 Å². The highest BCUT2D eigenvalue weighted by Gasteiger charge is 2.43. The van der Waals surface area contributed by atoms with E-state index in [9.17, 15) is 18.0 Å². The van der Waals surface area contributed by atoms with E-state index >= 15 is 0 Å². The molecule has 2 unspecified atom stereocenters. The monoisotopic (exact) mass is 345 g/mol. The number of imidazole rings is 1. The van der Waals surface area contributed by atoms with Crippen LogP contribution >= 0.6 is 0 Å². The highest BCUT2D eigenvalue weighted by atomic mass is 19.1. The highest BCUT2D eigenvalue weighted by Crippen LogP contribution is 2.35. The molecule has 128 valence electrons. The van der Waals surface area contributed by atoms with Gasteiger partial charge in [0.15, 0.2) is 5.82 Å². The van der Waals surface area contributed by atoms with E-state index in [-0.39, 0.29) is 29.0 Å². The molecular weight excluding hydrogens is 331 g/mol. The molecule has 7 heteroatoms. The van der Waals surface area contributed by atoms with Crippen LogP contribution in [0.2, 0.25) is 0 Å². The van der Waals surface area contributed by atoms with Crippen LogP contribution in [0.1, 0.15) is 12.0 Å². The number of carbonyl (C=O) groups excluding carboxylic acids is 1. The Morgan fingerprint density at radius 2 is 2.04 bits per heavy atom. The zero-order chi connectivity index (χ0) is 17.7. The maximum Gasteiger partial charge on any atom is 0.231 e. The maximum atomic E-state index is 14.5. The summed E-state index contributed by atoms with van der Waals surface area (Å²) in [7, 11) is 0. The van der Waals surface area contributed by atoms with Crippen molar-refractivity contribution in [2.24, 2.45) is 5.92 Å². The smallest absolute Gasteiger partial charge is 0.231 e. The molecule has 25 heavy (non-hydrogen) atoms. The third-order valence-corrected chi connectivity index (χ3v) is 4.33. The molecule has 2 atom stereocenters. The summed E-state index contributed by atoms with van der Waals surface area (Å²) in [6, 6.07) is 5.70. The average molecular weight is 345 g/mol. The Kier molecular flexibility index (Phi) is 3.52. The molecule has 0 saturated heterocycles. The van der Waals surface area contributed by atoms with Crippen molar-refractivity contribution < 1.29 is 18.0 Å². The van der Waals surface area contributed by atoms with Gasteiger partial charge in [-0.15, -0.1) is 0 Å². The van der Waals surface area contributed by atoms with Crippen LogP contribution in [0.5, 0.6) is 0 Å². The first-order chi connectivity index (χ1) is 11.9. The zero-order valence-electron chi connectivity index (χ0n) is 13.3.